The molecule has 2 aromatic rings. The molecule has 14 heteroatoms. The molecular weight excluding hydrogens is 483 g/mol. The SMILES string of the molecule is Cc1cc(C)cc(S(=O)(=O)Nc2cnc(N3CCOCC3)c(C(=O)O)c2)c1.O=C(O)C(F)(F)F. The van der Waals surface area contributed by atoms with Gasteiger partial charge in [-0.1, -0.05) is 6.07 Å². The quantitative estimate of drug-likeness (QED) is 0.558. The second kappa shape index (κ2) is 10.7. The number of pyridine rings is 1. The van der Waals surface area contributed by atoms with Crippen molar-refractivity contribution in [3.8, 4) is 0 Å². The van der Waals surface area contributed by atoms with Gasteiger partial charge in [-0.25, -0.2) is 23.0 Å². The molecule has 0 spiro atoms. The Labute approximate surface area is 193 Å². The van der Waals surface area contributed by atoms with Gasteiger partial charge in [-0.3, -0.25) is 4.72 Å². The van der Waals surface area contributed by atoms with Crippen LogP contribution in [0.4, 0.5) is 24.7 Å². The number of carboxylic acid groups (broad SMARTS) is 2. The van der Waals surface area contributed by atoms with Crippen molar-refractivity contribution in [2.24, 2.45) is 0 Å². The third kappa shape index (κ3) is 7.31. The molecule has 0 amide bonds. The molecule has 3 N–H and O–H groups in total. The normalized spacial score (nSPS) is 14.1. The number of aromatic nitrogens is 1. The van der Waals surface area contributed by atoms with E-state index >= 15 is 0 Å². The molecule has 2 heterocycles. The highest BCUT2D eigenvalue weighted by molar-refractivity contribution is 7.92. The number of aryl methyl sites for hydroxylation is 2. The lowest BCUT2D eigenvalue weighted by Gasteiger charge is -2.28. The van der Waals surface area contributed by atoms with Crippen LogP contribution in [-0.2, 0) is 19.6 Å². The number of hydrogen-bond acceptors (Lipinski definition) is 7. The molecule has 34 heavy (non-hydrogen) atoms. The monoisotopic (exact) mass is 505 g/mol. The third-order valence-electron chi connectivity index (χ3n) is 4.41. The molecule has 1 fully saturated rings. The molecule has 1 saturated heterocycles. The number of carbonyl (C=O) groups is 2. The highest BCUT2D eigenvalue weighted by atomic mass is 32.2. The molecule has 1 aliphatic heterocycles. The first kappa shape index (κ1) is 26.9. The van der Waals surface area contributed by atoms with E-state index in [0.717, 1.165) is 11.1 Å². The van der Waals surface area contributed by atoms with Crippen LogP contribution >= 0.6 is 0 Å². The fourth-order valence-electron chi connectivity index (χ4n) is 3.00. The number of morpholine rings is 1. The fourth-order valence-corrected chi connectivity index (χ4v) is 4.22. The predicted molar refractivity (Wildman–Crippen MR) is 115 cm³/mol. The van der Waals surface area contributed by atoms with Crippen molar-refractivity contribution < 1.29 is 46.1 Å². The molecule has 0 unspecified atom stereocenters. The number of nitrogens with zero attached hydrogens (tertiary/aromatic N) is 2. The van der Waals surface area contributed by atoms with Crippen molar-refractivity contribution in [2.45, 2.75) is 24.9 Å². The Kier molecular flexibility index (Phi) is 8.45. The lowest BCUT2D eigenvalue weighted by molar-refractivity contribution is -0.192. The van der Waals surface area contributed by atoms with E-state index in [-0.39, 0.29) is 16.1 Å². The standard InChI is InChI=1S/C18H21N3O5S.C2HF3O2/c1-12-7-13(2)9-15(8-12)27(24,25)20-14-10-16(18(22)23)17(19-11-14)21-3-5-26-6-4-21;3-2(4,5)1(6)7/h7-11,20H,3-6H2,1-2H3,(H,22,23);(H,6,7). The van der Waals surface area contributed by atoms with Gasteiger partial charge in [0, 0.05) is 13.1 Å². The maximum atomic E-state index is 12.7. The molecule has 0 saturated carbocycles. The summed E-state index contributed by atoms with van der Waals surface area (Å²) in [4.78, 5) is 26.7. The molecule has 10 nitrogen and oxygen atoms in total. The largest absolute Gasteiger partial charge is 0.490 e. The van der Waals surface area contributed by atoms with Crippen molar-refractivity contribution in [2.75, 3.05) is 35.9 Å². The Morgan fingerprint density at radius 3 is 2.06 bits per heavy atom. The second-order valence-electron chi connectivity index (χ2n) is 7.23. The smallest absolute Gasteiger partial charge is 0.478 e. The lowest BCUT2D eigenvalue weighted by atomic mass is 10.2. The number of halogens is 3. The van der Waals surface area contributed by atoms with E-state index in [0.29, 0.717) is 32.1 Å². The fraction of sp³-hybridized carbons (Fsp3) is 0.350. The molecule has 0 atom stereocenters. The average Bonchev–Trinajstić information content (AvgIpc) is 2.73. The van der Waals surface area contributed by atoms with Gasteiger partial charge in [0.25, 0.3) is 10.0 Å². The van der Waals surface area contributed by atoms with Gasteiger partial charge in [0.15, 0.2) is 0 Å². The van der Waals surface area contributed by atoms with Gasteiger partial charge in [0.1, 0.15) is 11.4 Å². The summed E-state index contributed by atoms with van der Waals surface area (Å²) in [6, 6.07) is 6.28. The molecule has 0 aliphatic carbocycles. The van der Waals surface area contributed by atoms with Gasteiger partial charge in [-0.2, -0.15) is 13.2 Å². The minimum absolute atomic E-state index is 0.0578. The maximum Gasteiger partial charge on any atom is 0.490 e. The molecule has 0 bridgehead atoms. The summed E-state index contributed by atoms with van der Waals surface area (Å²) in [5.74, 6) is -3.62. The summed E-state index contributed by atoms with van der Waals surface area (Å²) in [6.45, 7) is 5.66. The van der Waals surface area contributed by atoms with Gasteiger partial charge < -0.3 is 19.8 Å². The van der Waals surface area contributed by atoms with Crippen LogP contribution in [0.2, 0.25) is 0 Å². The zero-order valence-corrected chi connectivity index (χ0v) is 18.9. The number of alkyl halides is 3. The van der Waals surface area contributed by atoms with Crippen molar-refractivity contribution in [3.63, 3.8) is 0 Å². The van der Waals surface area contributed by atoms with E-state index in [1.807, 2.05) is 24.8 Å². The Morgan fingerprint density at radius 2 is 1.59 bits per heavy atom. The Bertz CT molecular complexity index is 1140. The van der Waals surface area contributed by atoms with Crippen LogP contribution in [-0.4, -0.2) is 68.0 Å². The zero-order chi connectivity index (χ0) is 25.7. The van der Waals surface area contributed by atoms with Crippen LogP contribution in [0.3, 0.4) is 0 Å². The van der Waals surface area contributed by atoms with Gasteiger partial charge >= 0.3 is 18.1 Å². The Balaban J connectivity index is 0.000000509. The van der Waals surface area contributed by atoms with Crippen LogP contribution < -0.4 is 9.62 Å². The van der Waals surface area contributed by atoms with E-state index in [1.165, 1.54) is 12.3 Å². The molecule has 186 valence electrons. The minimum atomic E-state index is -5.08. The summed E-state index contributed by atoms with van der Waals surface area (Å²) >= 11 is 0. The number of nitrogens with one attached hydrogen (secondary N) is 1. The highest BCUT2D eigenvalue weighted by Crippen LogP contribution is 2.25. The van der Waals surface area contributed by atoms with Crippen LogP contribution in [0.15, 0.2) is 35.4 Å². The number of rotatable bonds is 5. The van der Waals surface area contributed by atoms with Gasteiger partial charge in [-0.15, -0.1) is 0 Å². The van der Waals surface area contributed by atoms with Gasteiger partial charge in [0.2, 0.25) is 0 Å². The molecule has 1 aromatic heterocycles. The summed E-state index contributed by atoms with van der Waals surface area (Å²) < 4.78 is 64.7. The minimum Gasteiger partial charge on any atom is -0.478 e. The molecular formula is C20H22F3N3O7S. The first-order valence-electron chi connectivity index (χ1n) is 9.68. The second-order valence-corrected chi connectivity index (χ2v) is 8.91. The predicted octanol–water partition coefficient (Wildman–Crippen LogP) is 2.67. The van der Waals surface area contributed by atoms with Gasteiger partial charge in [0.05, 0.1) is 30.0 Å². The topological polar surface area (TPSA) is 146 Å². The summed E-state index contributed by atoms with van der Waals surface area (Å²) in [6.07, 6.45) is -3.75. The first-order valence-corrected chi connectivity index (χ1v) is 11.2. The lowest BCUT2D eigenvalue weighted by Crippen LogP contribution is -2.37. The number of aromatic carboxylic acids is 1. The highest BCUT2D eigenvalue weighted by Gasteiger charge is 2.38. The van der Waals surface area contributed by atoms with Crippen LogP contribution in [0.1, 0.15) is 21.5 Å². The van der Waals surface area contributed by atoms with Crippen molar-refractivity contribution >= 4 is 33.5 Å². The summed E-state index contributed by atoms with van der Waals surface area (Å²) in [7, 11) is -3.86. The Hall–Kier alpha value is -3.39. The molecule has 0 radical (unpaired) electrons. The molecule has 1 aliphatic rings. The van der Waals surface area contributed by atoms with E-state index in [2.05, 4.69) is 9.71 Å². The number of ether oxygens (including phenoxy) is 1. The number of hydrogen-bond donors (Lipinski definition) is 3. The average molecular weight is 505 g/mol. The molecule has 1 aromatic carbocycles. The van der Waals surface area contributed by atoms with Gasteiger partial charge in [-0.05, 0) is 43.2 Å². The zero-order valence-electron chi connectivity index (χ0n) is 18.1. The third-order valence-corrected chi connectivity index (χ3v) is 5.77. The number of sulfonamides is 1. The van der Waals surface area contributed by atoms with Crippen molar-refractivity contribution in [1.29, 1.82) is 0 Å². The van der Waals surface area contributed by atoms with Crippen LogP contribution in [0.25, 0.3) is 0 Å². The number of aliphatic carboxylic acids is 1. The number of anilines is 2. The van der Waals surface area contributed by atoms with E-state index < -0.39 is 28.1 Å². The first-order chi connectivity index (χ1) is 15.7. The van der Waals surface area contributed by atoms with Crippen LogP contribution in [0, 0.1) is 13.8 Å². The van der Waals surface area contributed by atoms with E-state index in [1.54, 1.807) is 12.1 Å². The maximum absolute atomic E-state index is 12.7. The number of carboxylic acids is 2. The Morgan fingerprint density at radius 1 is 1.06 bits per heavy atom. The van der Waals surface area contributed by atoms with E-state index in [9.17, 15) is 31.5 Å². The van der Waals surface area contributed by atoms with Crippen LogP contribution in [0.5, 0.6) is 0 Å². The molecule has 3 rings (SSSR count). The van der Waals surface area contributed by atoms with E-state index in [4.69, 9.17) is 14.6 Å². The van der Waals surface area contributed by atoms with Crippen molar-refractivity contribution in [3.05, 3.63) is 47.2 Å². The number of benzene rings is 1. The summed E-state index contributed by atoms with van der Waals surface area (Å²) in [5.41, 5.74) is 1.69. The summed E-state index contributed by atoms with van der Waals surface area (Å²) in [5, 5.41) is 16.7. The van der Waals surface area contributed by atoms with Crippen molar-refractivity contribution in [1.82, 2.24) is 4.98 Å².